The van der Waals surface area contributed by atoms with Crippen molar-refractivity contribution in [2.75, 3.05) is 24.7 Å². The topological polar surface area (TPSA) is 55.4 Å². The first-order chi connectivity index (χ1) is 6.99. The maximum atomic E-state index is 11.5. The molecule has 2 atom stereocenters. The van der Waals surface area contributed by atoms with Crippen LogP contribution < -0.4 is 5.32 Å². The van der Waals surface area contributed by atoms with Gasteiger partial charge in [0.2, 0.25) is 0 Å². The number of sulfone groups is 1. The zero-order valence-electron chi connectivity index (χ0n) is 9.16. The highest BCUT2D eigenvalue weighted by molar-refractivity contribution is 7.91. The number of rotatable bonds is 2. The van der Waals surface area contributed by atoms with E-state index < -0.39 is 9.84 Å². The van der Waals surface area contributed by atoms with Gasteiger partial charge in [-0.05, 0) is 32.1 Å². The van der Waals surface area contributed by atoms with Crippen molar-refractivity contribution < 1.29 is 13.2 Å². The zero-order valence-corrected chi connectivity index (χ0v) is 9.98. The average Bonchev–Trinajstić information content (AvgIpc) is 2.49. The molecule has 2 heterocycles. The smallest absolute Gasteiger partial charge is 0.150 e. The lowest BCUT2D eigenvalue weighted by molar-refractivity contribution is -0.0124. The van der Waals surface area contributed by atoms with Gasteiger partial charge in [0.25, 0.3) is 0 Å². The molecule has 4 nitrogen and oxygen atoms in total. The molecule has 2 fully saturated rings. The van der Waals surface area contributed by atoms with Crippen LogP contribution in [0.5, 0.6) is 0 Å². The summed E-state index contributed by atoms with van der Waals surface area (Å²) in [5.41, 5.74) is -0.294. The minimum Gasteiger partial charge on any atom is -0.360 e. The highest BCUT2D eigenvalue weighted by atomic mass is 32.2. The molecule has 0 aliphatic carbocycles. The molecule has 2 rings (SSSR count). The van der Waals surface area contributed by atoms with E-state index in [1.54, 1.807) is 0 Å². The summed E-state index contributed by atoms with van der Waals surface area (Å²) < 4.78 is 28.6. The summed E-state index contributed by atoms with van der Waals surface area (Å²) in [5.74, 6) is 0.974. The average molecular weight is 233 g/mol. The van der Waals surface area contributed by atoms with Gasteiger partial charge in [-0.3, -0.25) is 5.32 Å². The van der Waals surface area contributed by atoms with Gasteiger partial charge in [-0.2, -0.15) is 0 Å². The number of hydrogen-bond acceptors (Lipinski definition) is 4. The van der Waals surface area contributed by atoms with Gasteiger partial charge in [-0.25, -0.2) is 8.42 Å². The molecule has 0 amide bonds. The number of nitrogens with one attached hydrogen (secondary N) is 1. The Kier molecular flexibility index (Phi) is 3.05. The fourth-order valence-corrected chi connectivity index (χ4v) is 4.38. The molecule has 2 aliphatic rings. The molecule has 0 radical (unpaired) electrons. The van der Waals surface area contributed by atoms with Crippen molar-refractivity contribution in [3.63, 3.8) is 0 Å². The monoisotopic (exact) mass is 233 g/mol. The lowest BCUT2D eigenvalue weighted by atomic mass is 9.95. The van der Waals surface area contributed by atoms with Gasteiger partial charge in [0, 0.05) is 6.54 Å². The standard InChI is InChI=1S/C10H19NO3S/c1-10(11-4-5-14-10)7-9-3-2-6-15(12,13)8-9/h9,11H,2-8H2,1H3. The Labute approximate surface area is 91.3 Å². The van der Waals surface area contributed by atoms with Crippen LogP contribution in [0.3, 0.4) is 0 Å². The van der Waals surface area contributed by atoms with Crippen molar-refractivity contribution in [2.24, 2.45) is 5.92 Å². The Hall–Kier alpha value is -0.130. The Balaban J connectivity index is 1.94. The molecule has 5 heteroatoms. The zero-order chi connectivity index (χ0) is 10.9. The second-order valence-corrected chi connectivity index (χ2v) is 7.06. The van der Waals surface area contributed by atoms with Gasteiger partial charge in [0.15, 0.2) is 9.84 Å². The summed E-state index contributed by atoms with van der Waals surface area (Å²) in [6, 6.07) is 0. The van der Waals surface area contributed by atoms with Crippen LogP contribution in [0.25, 0.3) is 0 Å². The van der Waals surface area contributed by atoms with E-state index >= 15 is 0 Å². The highest BCUT2D eigenvalue weighted by Gasteiger charge is 2.35. The molecule has 0 saturated carbocycles. The Morgan fingerprint density at radius 1 is 1.53 bits per heavy atom. The van der Waals surface area contributed by atoms with E-state index in [0.29, 0.717) is 11.5 Å². The molecular formula is C10H19NO3S. The lowest BCUT2D eigenvalue weighted by Crippen LogP contribution is -2.41. The van der Waals surface area contributed by atoms with Crippen molar-refractivity contribution >= 4 is 9.84 Å². The number of hydrogen-bond donors (Lipinski definition) is 1. The minimum absolute atomic E-state index is 0.263. The van der Waals surface area contributed by atoms with Gasteiger partial charge in [-0.15, -0.1) is 0 Å². The van der Waals surface area contributed by atoms with Crippen molar-refractivity contribution in [1.82, 2.24) is 5.32 Å². The summed E-state index contributed by atoms with van der Waals surface area (Å²) in [6.45, 7) is 3.62. The van der Waals surface area contributed by atoms with Crippen LogP contribution in [-0.2, 0) is 14.6 Å². The van der Waals surface area contributed by atoms with E-state index in [2.05, 4.69) is 5.32 Å². The fourth-order valence-electron chi connectivity index (χ4n) is 2.60. The van der Waals surface area contributed by atoms with Crippen LogP contribution in [0.15, 0.2) is 0 Å². The molecule has 2 saturated heterocycles. The molecule has 0 aromatic carbocycles. The maximum absolute atomic E-state index is 11.5. The summed E-state index contributed by atoms with van der Waals surface area (Å²) in [5, 5.41) is 3.29. The summed E-state index contributed by atoms with van der Waals surface area (Å²) >= 11 is 0. The van der Waals surface area contributed by atoms with Crippen molar-refractivity contribution in [2.45, 2.75) is 31.9 Å². The Morgan fingerprint density at radius 3 is 2.93 bits per heavy atom. The molecule has 0 spiro atoms. The molecule has 15 heavy (non-hydrogen) atoms. The highest BCUT2D eigenvalue weighted by Crippen LogP contribution is 2.28. The largest absolute Gasteiger partial charge is 0.360 e. The van der Waals surface area contributed by atoms with E-state index in [1.165, 1.54) is 0 Å². The van der Waals surface area contributed by atoms with Gasteiger partial charge in [-0.1, -0.05) is 0 Å². The SMILES string of the molecule is CC1(CC2CCCS(=O)(=O)C2)NCCO1. The van der Waals surface area contributed by atoms with Crippen LogP contribution in [0.1, 0.15) is 26.2 Å². The predicted octanol–water partition coefficient (Wildman–Crippen LogP) is 0.537. The molecule has 88 valence electrons. The number of ether oxygens (including phenoxy) is 1. The van der Waals surface area contributed by atoms with E-state index in [0.717, 1.165) is 32.4 Å². The molecule has 2 aliphatic heterocycles. The molecule has 1 N–H and O–H groups in total. The molecule has 0 bridgehead atoms. The second kappa shape index (κ2) is 4.03. The minimum atomic E-state index is -2.78. The summed E-state index contributed by atoms with van der Waals surface area (Å²) in [6.07, 6.45) is 2.63. The molecular weight excluding hydrogens is 214 g/mol. The molecule has 0 aromatic rings. The van der Waals surface area contributed by atoms with Gasteiger partial charge in [0.05, 0.1) is 18.1 Å². The van der Waals surface area contributed by atoms with E-state index in [-0.39, 0.29) is 11.6 Å². The van der Waals surface area contributed by atoms with Gasteiger partial charge >= 0.3 is 0 Å². The lowest BCUT2D eigenvalue weighted by Gasteiger charge is -2.30. The second-order valence-electron chi connectivity index (χ2n) is 4.83. The van der Waals surface area contributed by atoms with E-state index in [1.807, 2.05) is 6.92 Å². The van der Waals surface area contributed by atoms with Crippen LogP contribution in [0, 0.1) is 5.92 Å². The van der Waals surface area contributed by atoms with E-state index in [4.69, 9.17) is 4.74 Å². The Bertz CT molecular complexity index is 320. The van der Waals surface area contributed by atoms with E-state index in [9.17, 15) is 8.42 Å². The van der Waals surface area contributed by atoms with Crippen molar-refractivity contribution in [3.8, 4) is 0 Å². The van der Waals surface area contributed by atoms with Crippen LogP contribution in [0.2, 0.25) is 0 Å². The van der Waals surface area contributed by atoms with Gasteiger partial charge in [0.1, 0.15) is 5.72 Å². The van der Waals surface area contributed by atoms with Gasteiger partial charge < -0.3 is 4.74 Å². The first kappa shape index (κ1) is 11.4. The third kappa shape index (κ3) is 2.92. The van der Waals surface area contributed by atoms with Crippen molar-refractivity contribution in [1.29, 1.82) is 0 Å². The third-order valence-corrected chi connectivity index (χ3v) is 5.15. The quantitative estimate of drug-likeness (QED) is 0.756. The van der Waals surface area contributed by atoms with Crippen LogP contribution in [-0.4, -0.2) is 38.8 Å². The predicted molar refractivity (Wildman–Crippen MR) is 58.4 cm³/mol. The first-order valence-corrected chi connectivity index (χ1v) is 7.41. The van der Waals surface area contributed by atoms with Crippen LogP contribution in [0.4, 0.5) is 0 Å². The first-order valence-electron chi connectivity index (χ1n) is 5.59. The maximum Gasteiger partial charge on any atom is 0.150 e. The Morgan fingerprint density at radius 2 is 2.33 bits per heavy atom. The summed E-state index contributed by atoms with van der Waals surface area (Å²) in [7, 11) is -2.78. The third-order valence-electron chi connectivity index (χ3n) is 3.26. The fraction of sp³-hybridized carbons (Fsp3) is 1.00. The summed E-state index contributed by atoms with van der Waals surface area (Å²) in [4.78, 5) is 0. The molecule has 0 aromatic heterocycles. The normalized spacial score (nSPS) is 40.5. The van der Waals surface area contributed by atoms with Crippen molar-refractivity contribution in [3.05, 3.63) is 0 Å². The molecule has 2 unspecified atom stereocenters. The van der Waals surface area contributed by atoms with Crippen LogP contribution >= 0.6 is 0 Å².